The first kappa shape index (κ1) is 17.4. The predicted octanol–water partition coefficient (Wildman–Crippen LogP) is 3.29. The Bertz CT molecular complexity index is 790. The van der Waals surface area contributed by atoms with Crippen LogP contribution in [0.15, 0.2) is 59.6 Å². The van der Waals surface area contributed by atoms with Crippen molar-refractivity contribution in [2.24, 2.45) is 4.99 Å². The zero-order valence-electron chi connectivity index (χ0n) is 13.3. The summed E-state index contributed by atoms with van der Waals surface area (Å²) in [6.07, 6.45) is 3.39. The Kier molecular flexibility index (Phi) is 5.62. The third-order valence-corrected chi connectivity index (χ3v) is 5.21. The van der Waals surface area contributed by atoms with E-state index in [0.717, 1.165) is 0 Å². The summed E-state index contributed by atoms with van der Waals surface area (Å²) in [5.41, 5.74) is 0.711. The van der Waals surface area contributed by atoms with E-state index in [2.05, 4.69) is 21.9 Å². The highest BCUT2D eigenvalue weighted by Crippen LogP contribution is 2.32. The van der Waals surface area contributed by atoms with E-state index in [1.807, 2.05) is 23.6 Å². The van der Waals surface area contributed by atoms with Crippen LogP contribution in [0, 0.1) is 0 Å². The number of benzene rings is 1. The van der Waals surface area contributed by atoms with Gasteiger partial charge < -0.3 is 5.32 Å². The topological polar surface area (TPSA) is 74.7 Å². The maximum atomic E-state index is 12.6. The van der Waals surface area contributed by atoms with Crippen molar-refractivity contribution in [2.45, 2.75) is 11.7 Å². The summed E-state index contributed by atoms with van der Waals surface area (Å²) >= 11 is 2.68. The fourth-order valence-electron chi connectivity index (χ4n) is 2.28. The van der Waals surface area contributed by atoms with Crippen LogP contribution in [0.5, 0.6) is 0 Å². The summed E-state index contributed by atoms with van der Waals surface area (Å²) in [6, 6.07) is 9.17. The first-order chi connectivity index (χ1) is 12.2. The third kappa shape index (κ3) is 4.34. The van der Waals surface area contributed by atoms with Gasteiger partial charge in [-0.05, 0) is 12.1 Å². The van der Waals surface area contributed by atoms with Crippen molar-refractivity contribution in [1.29, 1.82) is 0 Å². The van der Waals surface area contributed by atoms with Gasteiger partial charge in [0.05, 0.1) is 0 Å². The molecule has 0 spiro atoms. The van der Waals surface area contributed by atoms with Crippen LogP contribution in [0.4, 0.5) is 10.8 Å². The second-order valence-corrected chi connectivity index (χ2v) is 7.21. The van der Waals surface area contributed by atoms with Gasteiger partial charge in [0, 0.05) is 30.2 Å². The average Bonchev–Trinajstić information content (AvgIpc) is 3.20. The molecule has 1 fully saturated rings. The van der Waals surface area contributed by atoms with E-state index in [-0.39, 0.29) is 18.2 Å². The lowest BCUT2D eigenvalue weighted by Crippen LogP contribution is -2.33. The number of amides is 2. The monoisotopic (exact) mass is 372 g/mol. The lowest BCUT2D eigenvalue weighted by Gasteiger charge is -2.13. The van der Waals surface area contributed by atoms with Gasteiger partial charge in [-0.15, -0.1) is 17.9 Å². The standard InChI is InChI=1S/C17H16N4O2S2/c1-2-9-21-15(23)13(25-17(21)20-16-18-8-10-24-16)11-14(22)19-12-6-4-3-5-7-12/h2-8,10,13H,1,9,11H2,(H,19,22)/t13-/m1/s1. The average molecular weight is 372 g/mol. The van der Waals surface area contributed by atoms with Crippen LogP contribution >= 0.6 is 23.1 Å². The Hall–Kier alpha value is -2.45. The third-order valence-electron chi connectivity index (χ3n) is 3.37. The molecule has 1 aromatic heterocycles. The van der Waals surface area contributed by atoms with E-state index >= 15 is 0 Å². The number of anilines is 1. The summed E-state index contributed by atoms with van der Waals surface area (Å²) in [4.78, 5) is 34.9. The Balaban J connectivity index is 1.70. The number of aromatic nitrogens is 1. The fourth-order valence-corrected chi connectivity index (χ4v) is 3.99. The summed E-state index contributed by atoms with van der Waals surface area (Å²) < 4.78 is 0. The van der Waals surface area contributed by atoms with Crippen molar-refractivity contribution < 1.29 is 9.59 Å². The number of para-hydroxylation sites is 1. The number of thiazole rings is 1. The summed E-state index contributed by atoms with van der Waals surface area (Å²) in [5.74, 6) is -0.338. The van der Waals surface area contributed by atoms with E-state index in [1.54, 1.807) is 29.3 Å². The quantitative estimate of drug-likeness (QED) is 0.790. The number of amidine groups is 1. The van der Waals surface area contributed by atoms with E-state index in [1.165, 1.54) is 23.1 Å². The van der Waals surface area contributed by atoms with Gasteiger partial charge in [0.15, 0.2) is 5.17 Å². The first-order valence-electron chi connectivity index (χ1n) is 7.59. The SMILES string of the molecule is C=CCN1C(=O)[C@@H](CC(=O)Nc2ccccc2)SC1=Nc1nccs1. The van der Waals surface area contributed by atoms with Gasteiger partial charge in [0.2, 0.25) is 16.9 Å². The van der Waals surface area contributed by atoms with Crippen molar-refractivity contribution >= 4 is 50.9 Å². The number of nitrogens with one attached hydrogen (secondary N) is 1. The minimum atomic E-state index is -0.498. The molecule has 1 aliphatic heterocycles. The molecule has 25 heavy (non-hydrogen) atoms. The zero-order chi connectivity index (χ0) is 17.6. The molecule has 0 unspecified atom stereocenters. The van der Waals surface area contributed by atoms with Crippen LogP contribution in [0.2, 0.25) is 0 Å². The van der Waals surface area contributed by atoms with Crippen molar-refractivity contribution in [3.8, 4) is 0 Å². The molecular formula is C17H16N4O2S2. The lowest BCUT2D eigenvalue weighted by atomic mass is 10.2. The largest absolute Gasteiger partial charge is 0.326 e. The molecule has 1 saturated heterocycles. The molecule has 3 rings (SSSR count). The fraction of sp³-hybridized carbons (Fsp3) is 0.176. The molecule has 8 heteroatoms. The molecule has 1 atom stereocenters. The van der Waals surface area contributed by atoms with Crippen LogP contribution in [0.1, 0.15) is 6.42 Å². The highest BCUT2D eigenvalue weighted by atomic mass is 32.2. The molecule has 1 aliphatic rings. The van der Waals surface area contributed by atoms with Gasteiger partial charge in [0.25, 0.3) is 0 Å². The number of rotatable bonds is 6. The molecule has 1 N–H and O–H groups in total. The Morgan fingerprint density at radius 2 is 2.20 bits per heavy atom. The van der Waals surface area contributed by atoms with Crippen molar-refractivity contribution in [3.63, 3.8) is 0 Å². The van der Waals surface area contributed by atoms with Gasteiger partial charge >= 0.3 is 0 Å². The van der Waals surface area contributed by atoms with Gasteiger partial charge in [0.1, 0.15) is 5.25 Å². The maximum absolute atomic E-state index is 12.6. The van der Waals surface area contributed by atoms with Crippen LogP contribution in [-0.2, 0) is 9.59 Å². The lowest BCUT2D eigenvalue weighted by molar-refractivity contribution is -0.127. The number of carbonyl (C=O) groups excluding carboxylic acids is 2. The number of hydrogen-bond acceptors (Lipinski definition) is 6. The summed E-state index contributed by atoms with van der Waals surface area (Å²) in [7, 11) is 0. The highest BCUT2D eigenvalue weighted by Gasteiger charge is 2.38. The van der Waals surface area contributed by atoms with Gasteiger partial charge in [-0.25, -0.2) is 4.98 Å². The molecule has 128 valence electrons. The van der Waals surface area contributed by atoms with Crippen LogP contribution in [0.3, 0.4) is 0 Å². The zero-order valence-corrected chi connectivity index (χ0v) is 14.9. The van der Waals surface area contributed by atoms with Gasteiger partial charge in [-0.1, -0.05) is 36.0 Å². The molecule has 0 aliphatic carbocycles. The molecule has 0 bridgehead atoms. The maximum Gasteiger partial charge on any atom is 0.242 e. The number of thioether (sulfide) groups is 1. The smallest absolute Gasteiger partial charge is 0.242 e. The van der Waals surface area contributed by atoms with Gasteiger partial charge in [-0.2, -0.15) is 4.99 Å². The molecule has 0 radical (unpaired) electrons. The van der Waals surface area contributed by atoms with Gasteiger partial charge in [-0.3, -0.25) is 14.5 Å². The van der Waals surface area contributed by atoms with E-state index in [4.69, 9.17) is 0 Å². The van der Waals surface area contributed by atoms with Crippen LogP contribution in [0.25, 0.3) is 0 Å². The molecule has 2 amide bonds. The number of nitrogens with zero attached hydrogens (tertiary/aromatic N) is 3. The van der Waals surface area contributed by atoms with E-state index in [9.17, 15) is 9.59 Å². The minimum Gasteiger partial charge on any atom is -0.326 e. The number of hydrogen-bond donors (Lipinski definition) is 1. The molecule has 0 saturated carbocycles. The summed E-state index contributed by atoms with van der Waals surface area (Å²) in [5, 5.41) is 5.26. The molecule has 1 aromatic carbocycles. The van der Waals surface area contributed by atoms with Crippen LogP contribution < -0.4 is 5.32 Å². The minimum absolute atomic E-state index is 0.0862. The second-order valence-electron chi connectivity index (χ2n) is 5.17. The van der Waals surface area contributed by atoms with E-state index < -0.39 is 5.25 Å². The Morgan fingerprint density at radius 3 is 2.88 bits per heavy atom. The molecule has 6 nitrogen and oxygen atoms in total. The number of aliphatic imine (C=N–C) groups is 1. The second kappa shape index (κ2) is 8.09. The molecular weight excluding hydrogens is 356 g/mol. The Labute approximate surface area is 153 Å². The normalized spacial score (nSPS) is 18.6. The van der Waals surface area contributed by atoms with Crippen molar-refractivity contribution in [3.05, 3.63) is 54.6 Å². The van der Waals surface area contributed by atoms with Crippen molar-refractivity contribution in [1.82, 2.24) is 9.88 Å². The molecule has 2 aromatic rings. The first-order valence-corrected chi connectivity index (χ1v) is 9.35. The predicted molar refractivity (Wildman–Crippen MR) is 102 cm³/mol. The van der Waals surface area contributed by atoms with Crippen LogP contribution in [-0.4, -0.2) is 38.7 Å². The van der Waals surface area contributed by atoms with E-state index in [0.29, 0.717) is 22.5 Å². The van der Waals surface area contributed by atoms with Crippen molar-refractivity contribution in [2.75, 3.05) is 11.9 Å². The Morgan fingerprint density at radius 1 is 1.40 bits per heavy atom. The summed E-state index contributed by atoms with van der Waals surface area (Å²) in [6.45, 7) is 4.04. The highest BCUT2D eigenvalue weighted by molar-refractivity contribution is 8.15. The molecule has 2 heterocycles. The number of carbonyl (C=O) groups is 2.